The molecule has 1 saturated heterocycles. The Morgan fingerprint density at radius 3 is 2.41 bits per heavy atom. The molecular formula is C23H21F4N3OS. The minimum atomic E-state index is -3.52. The van der Waals surface area contributed by atoms with Gasteiger partial charge in [-0.15, -0.1) is 0 Å². The van der Waals surface area contributed by atoms with Crippen LogP contribution in [0, 0.1) is 11.6 Å². The van der Waals surface area contributed by atoms with E-state index in [9.17, 15) is 8.78 Å². The van der Waals surface area contributed by atoms with Crippen molar-refractivity contribution >= 4 is 17.2 Å². The summed E-state index contributed by atoms with van der Waals surface area (Å²) in [7, 11) is 0. The maximum Gasteiger partial charge on any atom is 0.302 e. The van der Waals surface area contributed by atoms with Crippen molar-refractivity contribution in [1.82, 2.24) is 15.1 Å². The van der Waals surface area contributed by atoms with E-state index in [4.69, 9.17) is 17.0 Å². The number of halogens is 4. The maximum atomic E-state index is 15.7. The van der Waals surface area contributed by atoms with Crippen LogP contribution in [0.4, 0.5) is 17.6 Å². The first-order valence-electron chi connectivity index (χ1n) is 9.88. The van der Waals surface area contributed by atoms with Crippen LogP contribution in [0.3, 0.4) is 0 Å². The number of rotatable bonds is 3. The van der Waals surface area contributed by atoms with Gasteiger partial charge in [0.25, 0.3) is 0 Å². The van der Waals surface area contributed by atoms with Crippen LogP contribution < -0.4 is 5.32 Å². The second kappa shape index (κ2) is 7.67. The Balaban J connectivity index is 1.79. The predicted molar refractivity (Wildman–Crippen MR) is 117 cm³/mol. The van der Waals surface area contributed by atoms with Gasteiger partial charge in [0.1, 0.15) is 27.8 Å². The zero-order valence-corrected chi connectivity index (χ0v) is 18.4. The van der Waals surface area contributed by atoms with E-state index in [0.29, 0.717) is 16.8 Å². The minimum absolute atomic E-state index is 0.0617. The molecule has 1 aliphatic rings. The zero-order chi connectivity index (χ0) is 23.3. The average Bonchev–Trinajstić information content (AvgIpc) is 3.21. The molecule has 1 unspecified atom stereocenters. The topological polar surface area (TPSA) is 39.1 Å². The van der Waals surface area contributed by atoms with E-state index in [-0.39, 0.29) is 23.0 Å². The third-order valence-corrected chi connectivity index (χ3v) is 6.07. The van der Waals surface area contributed by atoms with Gasteiger partial charge in [-0.25, -0.2) is 22.2 Å². The third kappa shape index (κ3) is 3.59. The number of nitrogens with one attached hydrogen (secondary N) is 1. The lowest BCUT2D eigenvalue weighted by molar-refractivity contribution is -0.216. The number of ether oxygens (including phenoxy) is 1. The quantitative estimate of drug-likeness (QED) is 0.417. The summed E-state index contributed by atoms with van der Waals surface area (Å²) in [5.41, 5.74) is -2.61. The summed E-state index contributed by atoms with van der Waals surface area (Å²) in [4.78, 5) is 0.0617. The molecule has 1 N–H and O–H groups in total. The molecule has 0 saturated carbocycles. The number of alkyl halides is 2. The summed E-state index contributed by atoms with van der Waals surface area (Å²) in [6, 6.07) is 9.73. The van der Waals surface area contributed by atoms with E-state index in [1.165, 1.54) is 55.9 Å². The molecule has 1 aliphatic heterocycles. The summed E-state index contributed by atoms with van der Waals surface area (Å²) in [6.07, 6.45) is 3.18. The fourth-order valence-electron chi connectivity index (χ4n) is 3.86. The van der Waals surface area contributed by atoms with Crippen LogP contribution in [0.1, 0.15) is 26.3 Å². The molecule has 0 aliphatic carbocycles. The highest BCUT2D eigenvalue weighted by Crippen LogP contribution is 2.48. The maximum absolute atomic E-state index is 15.7. The molecule has 3 aromatic rings. The van der Waals surface area contributed by atoms with Crippen molar-refractivity contribution in [2.75, 3.05) is 6.61 Å². The number of hydrogen-bond donors (Lipinski definition) is 1. The van der Waals surface area contributed by atoms with Crippen LogP contribution in [0.2, 0.25) is 0 Å². The van der Waals surface area contributed by atoms with Gasteiger partial charge in [0.2, 0.25) is 0 Å². The van der Waals surface area contributed by atoms with Gasteiger partial charge in [0, 0.05) is 17.3 Å². The van der Waals surface area contributed by atoms with Crippen LogP contribution in [-0.4, -0.2) is 32.9 Å². The molecule has 1 fully saturated rings. The summed E-state index contributed by atoms with van der Waals surface area (Å²) >= 11 is 5.15. The molecule has 1 atom stereocenters. The van der Waals surface area contributed by atoms with Gasteiger partial charge in [-0.3, -0.25) is 0 Å². The summed E-state index contributed by atoms with van der Waals surface area (Å²) in [6.45, 7) is 3.55. The van der Waals surface area contributed by atoms with Crippen molar-refractivity contribution in [3.63, 3.8) is 0 Å². The molecule has 1 aromatic heterocycles. The SMILES string of the molecule is CC1(C)OCC(=S)NC(C)(c2cc(-c3cnn(-c4ccc(F)cc4)c3)ccc2F)C1(F)F. The summed E-state index contributed by atoms with van der Waals surface area (Å²) in [5, 5.41) is 6.88. The molecule has 9 heteroatoms. The molecule has 4 nitrogen and oxygen atoms in total. The van der Waals surface area contributed by atoms with Crippen molar-refractivity contribution in [1.29, 1.82) is 0 Å². The standard InChI is InChI=1S/C23H21F4N3OS/c1-21(2)23(26,27)22(3,29-20(32)13-31-21)18-10-14(4-9-19(18)25)15-11-28-30(12-15)17-7-5-16(24)6-8-17/h4-12H,13H2,1-3H3,(H,29,32). The molecule has 32 heavy (non-hydrogen) atoms. The lowest BCUT2D eigenvalue weighted by Crippen LogP contribution is -2.62. The van der Waals surface area contributed by atoms with Gasteiger partial charge in [-0.1, -0.05) is 18.3 Å². The smallest absolute Gasteiger partial charge is 0.302 e. The number of benzene rings is 2. The van der Waals surface area contributed by atoms with E-state index in [0.717, 1.165) is 6.07 Å². The van der Waals surface area contributed by atoms with Crippen molar-refractivity contribution < 1.29 is 22.3 Å². The molecule has 0 amide bonds. The Hall–Kier alpha value is -2.78. The van der Waals surface area contributed by atoms with Gasteiger partial charge in [-0.05, 0) is 62.7 Å². The van der Waals surface area contributed by atoms with E-state index >= 15 is 8.78 Å². The highest BCUT2D eigenvalue weighted by molar-refractivity contribution is 7.80. The van der Waals surface area contributed by atoms with Gasteiger partial charge < -0.3 is 10.1 Å². The van der Waals surface area contributed by atoms with Crippen LogP contribution in [0.5, 0.6) is 0 Å². The van der Waals surface area contributed by atoms with Crippen molar-refractivity contribution in [3.8, 4) is 16.8 Å². The molecular weight excluding hydrogens is 442 g/mol. The molecule has 0 spiro atoms. The first-order valence-corrected chi connectivity index (χ1v) is 10.3. The molecule has 0 bridgehead atoms. The monoisotopic (exact) mass is 463 g/mol. The van der Waals surface area contributed by atoms with Gasteiger partial charge in [0.15, 0.2) is 0 Å². The minimum Gasteiger partial charge on any atom is -0.363 e. The van der Waals surface area contributed by atoms with Crippen LogP contribution in [0.25, 0.3) is 16.8 Å². The largest absolute Gasteiger partial charge is 0.363 e. The third-order valence-electron chi connectivity index (χ3n) is 5.85. The zero-order valence-electron chi connectivity index (χ0n) is 17.6. The predicted octanol–water partition coefficient (Wildman–Crippen LogP) is 5.39. The Bertz CT molecular complexity index is 1180. The van der Waals surface area contributed by atoms with E-state index in [1.807, 2.05) is 0 Å². The fraction of sp³-hybridized carbons (Fsp3) is 0.304. The lowest BCUT2D eigenvalue weighted by Gasteiger charge is -2.44. The van der Waals surface area contributed by atoms with E-state index in [2.05, 4.69) is 10.4 Å². The number of hydrogen-bond acceptors (Lipinski definition) is 3. The Labute approximate surface area is 188 Å². The first-order chi connectivity index (χ1) is 14.9. The van der Waals surface area contributed by atoms with E-state index in [1.54, 1.807) is 18.3 Å². The van der Waals surface area contributed by atoms with Gasteiger partial charge in [-0.2, -0.15) is 5.10 Å². The summed E-state index contributed by atoms with van der Waals surface area (Å²) in [5.74, 6) is -4.69. The Kier molecular flexibility index (Phi) is 5.37. The van der Waals surface area contributed by atoms with Crippen LogP contribution in [-0.2, 0) is 10.3 Å². The fourth-order valence-corrected chi connectivity index (χ4v) is 4.13. The number of nitrogens with zero attached hydrogens (tertiary/aromatic N) is 2. The summed E-state index contributed by atoms with van der Waals surface area (Å²) < 4.78 is 66.3. The normalized spacial score (nSPS) is 22.3. The average molecular weight is 464 g/mol. The van der Waals surface area contributed by atoms with Crippen molar-refractivity contribution in [2.24, 2.45) is 0 Å². The molecule has 2 aromatic carbocycles. The Morgan fingerprint density at radius 2 is 1.72 bits per heavy atom. The van der Waals surface area contributed by atoms with E-state index < -0.39 is 22.9 Å². The number of aromatic nitrogens is 2. The van der Waals surface area contributed by atoms with Gasteiger partial charge in [0.05, 0.1) is 18.5 Å². The second-order valence-corrected chi connectivity index (χ2v) is 8.88. The molecule has 168 valence electrons. The first kappa shape index (κ1) is 22.4. The van der Waals surface area contributed by atoms with Crippen LogP contribution >= 0.6 is 12.2 Å². The van der Waals surface area contributed by atoms with Crippen molar-refractivity contribution in [3.05, 3.63) is 72.1 Å². The van der Waals surface area contributed by atoms with Crippen molar-refractivity contribution in [2.45, 2.75) is 37.8 Å². The Morgan fingerprint density at radius 1 is 1.03 bits per heavy atom. The van der Waals surface area contributed by atoms with Gasteiger partial charge >= 0.3 is 5.92 Å². The molecule has 0 radical (unpaired) electrons. The highest BCUT2D eigenvalue weighted by Gasteiger charge is 2.64. The number of thiocarbonyl (C=S) groups is 1. The molecule has 4 rings (SSSR count). The van der Waals surface area contributed by atoms with Crippen LogP contribution in [0.15, 0.2) is 54.9 Å². The highest BCUT2D eigenvalue weighted by atomic mass is 32.1. The second-order valence-electron chi connectivity index (χ2n) is 8.39. The molecule has 2 heterocycles. The lowest BCUT2D eigenvalue weighted by atomic mass is 9.77.